The molecule has 0 saturated heterocycles. The van der Waals surface area contributed by atoms with Crippen LogP contribution in [-0.2, 0) is 14.8 Å². The fourth-order valence-electron chi connectivity index (χ4n) is 2.60. The van der Waals surface area contributed by atoms with E-state index in [1.54, 1.807) is 18.2 Å². The molecule has 0 aliphatic carbocycles. The van der Waals surface area contributed by atoms with Crippen LogP contribution in [0.2, 0.25) is 0 Å². The quantitative estimate of drug-likeness (QED) is 0.785. The predicted octanol–water partition coefficient (Wildman–Crippen LogP) is 1.97. The summed E-state index contributed by atoms with van der Waals surface area (Å²) in [6, 6.07) is 12.1. The highest BCUT2D eigenvalue weighted by Gasteiger charge is 2.32. The molecule has 3 rings (SSSR count). The smallest absolute Gasteiger partial charge is 0.262 e. The largest absolute Gasteiger partial charge is 0.360 e. The number of rotatable bonds is 2. The minimum atomic E-state index is -3.72. The Morgan fingerprint density at radius 2 is 1.74 bits per heavy atom. The van der Waals surface area contributed by atoms with E-state index in [1.165, 1.54) is 6.07 Å². The summed E-state index contributed by atoms with van der Waals surface area (Å²) in [6.45, 7) is 3.86. The van der Waals surface area contributed by atoms with Gasteiger partial charge in [0.2, 0.25) is 10.0 Å². The molecule has 0 bridgehead atoms. The molecule has 2 aromatic carbocycles. The Labute approximate surface area is 135 Å². The molecule has 0 radical (unpaired) electrons. The summed E-state index contributed by atoms with van der Waals surface area (Å²) in [5.74, 6) is -0.465. The second-order valence-electron chi connectivity index (χ2n) is 5.56. The van der Waals surface area contributed by atoms with E-state index in [-0.39, 0.29) is 4.90 Å². The van der Waals surface area contributed by atoms with Gasteiger partial charge in [-0.1, -0.05) is 18.2 Å². The molecule has 1 aliphatic rings. The molecule has 3 N–H and O–H groups in total. The topological polar surface area (TPSA) is 87.3 Å². The lowest BCUT2D eigenvalue weighted by Crippen LogP contribution is -2.51. The minimum Gasteiger partial charge on any atom is -0.360 e. The maximum atomic E-state index is 12.4. The molecular weight excluding hydrogens is 314 g/mol. The Balaban J connectivity index is 1.84. The average Bonchev–Trinajstić information content (AvgIpc) is 2.45. The highest BCUT2D eigenvalue weighted by Crippen LogP contribution is 2.25. The number of aryl methyl sites for hydroxylation is 2. The molecule has 0 saturated carbocycles. The molecule has 23 heavy (non-hydrogen) atoms. The van der Waals surface area contributed by atoms with Crippen LogP contribution in [0.25, 0.3) is 0 Å². The van der Waals surface area contributed by atoms with Crippen molar-refractivity contribution in [3.63, 3.8) is 0 Å². The Morgan fingerprint density at radius 3 is 2.43 bits per heavy atom. The number of hydrogen-bond donors (Lipinski definition) is 3. The lowest BCUT2D eigenvalue weighted by molar-refractivity contribution is -0.117. The van der Waals surface area contributed by atoms with E-state index in [2.05, 4.69) is 15.4 Å². The van der Waals surface area contributed by atoms with Gasteiger partial charge in [-0.25, -0.2) is 8.42 Å². The van der Waals surface area contributed by atoms with Gasteiger partial charge in [0, 0.05) is 5.69 Å². The Hall–Kier alpha value is -2.38. The van der Waals surface area contributed by atoms with Crippen LogP contribution >= 0.6 is 0 Å². The maximum absolute atomic E-state index is 12.4. The number of carbonyl (C=O) groups excluding carboxylic acids is 1. The van der Waals surface area contributed by atoms with Gasteiger partial charge in [-0.3, -0.25) is 4.79 Å². The lowest BCUT2D eigenvalue weighted by Gasteiger charge is -2.27. The molecular formula is C16H17N3O3S. The number of hydrogen-bond acceptors (Lipinski definition) is 4. The van der Waals surface area contributed by atoms with E-state index in [9.17, 15) is 13.2 Å². The van der Waals surface area contributed by atoms with Crippen LogP contribution in [0, 0.1) is 13.8 Å². The first-order chi connectivity index (χ1) is 10.8. The van der Waals surface area contributed by atoms with Crippen LogP contribution in [0.15, 0.2) is 47.4 Å². The van der Waals surface area contributed by atoms with Crippen LogP contribution in [0.3, 0.4) is 0 Å². The van der Waals surface area contributed by atoms with Crippen LogP contribution < -0.4 is 15.4 Å². The number of amides is 1. The van der Waals surface area contributed by atoms with Crippen molar-refractivity contribution in [2.24, 2.45) is 0 Å². The van der Waals surface area contributed by atoms with Crippen molar-refractivity contribution < 1.29 is 13.2 Å². The van der Waals surface area contributed by atoms with Gasteiger partial charge in [0.1, 0.15) is 4.90 Å². The molecule has 1 heterocycles. The third-order valence-corrected chi connectivity index (χ3v) is 4.98. The number of nitrogens with one attached hydrogen (secondary N) is 3. The Kier molecular flexibility index (Phi) is 3.83. The van der Waals surface area contributed by atoms with Gasteiger partial charge < -0.3 is 10.6 Å². The second-order valence-corrected chi connectivity index (χ2v) is 7.24. The van der Waals surface area contributed by atoms with E-state index in [4.69, 9.17) is 0 Å². The van der Waals surface area contributed by atoms with Gasteiger partial charge in [0.25, 0.3) is 5.91 Å². The van der Waals surface area contributed by atoms with Gasteiger partial charge in [-0.05, 0) is 49.2 Å². The normalized spacial score (nSPS) is 18.6. The van der Waals surface area contributed by atoms with Crippen LogP contribution in [-0.4, -0.2) is 20.5 Å². The van der Waals surface area contributed by atoms with Crippen molar-refractivity contribution in [1.29, 1.82) is 0 Å². The first-order valence-electron chi connectivity index (χ1n) is 7.12. The standard InChI is InChI=1S/C16H17N3O3S/c1-10-7-11(2)9-12(8-10)17-16(20)15-18-13-5-3-4-6-14(13)23(21,22)19-15/h3-9,15,18-19H,1-2H3,(H,17,20)/t15-/m1/s1. The average molecular weight is 331 g/mol. The van der Waals surface area contributed by atoms with E-state index in [0.717, 1.165) is 11.1 Å². The molecule has 1 atom stereocenters. The molecule has 2 aromatic rings. The van der Waals surface area contributed by atoms with Gasteiger partial charge in [-0.15, -0.1) is 0 Å². The Morgan fingerprint density at radius 1 is 1.09 bits per heavy atom. The summed E-state index contributed by atoms with van der Waals surface area (Å²) in [7, 11) is -3.72. The summed E-state index contributed by atoms with van der Waals surface area (Å²) in [5.41, 5.74) is 3.07. The van der Waals surface area contributed by atoms with E-state index < -0.39 is 22.1 Å². The molecule has 0 aromatic heterocycles. The highest BCUT2D eigenvalue weighted by molar-refractivity contribution is 7.89. The fraction of sp³-hybridized carbons (Fsp3) is 0.188. The summed E-state index contributed by atoms with van der Waals surface area (Å²) in [4.78, 5) is 12.5. The van der Waals surface area contributed by atoms with E-state index in [1.807, 2.05) is 32.0 Å². The zero-order valence-electron chi connectivity index (χ0n) is 12.8. The maximum Gasteiger partial charge on any atom is 0.262 e. The first-order valence-corrected chi connectivity index (χ1v) is 8.60. The molecule has 0 fully saturated rings. The SMILES string of the molecule is Cc1cc(C)cc(NC(=O)[C@@H]2Nc3ccccc3S(=O)(=O)N2)c1. The first kappa shape index (κ1) is 15.5. The molecule has 7 heteroatoms. The fourth-order valence-corrected chi connectivity index (χ4v) is 3.88. The zero-order valence-corrected chi connectivity index (χ0v) is 13.6. The summed E-state index contributed by atoms with van der Waals surface area (Å²) < 4.78 is 26.8. The van der Waals surface area contributed by atoms with Crippen LogP contribution in [0.1, 0.15) is 11.1 Å². The van der Waals surface area contributed by atoms with E-state index in [0.29, 0.717) is 11.4 Å². The van der Waals surface area contributed by atoms with Crippen LogP contribution in [0.5, 0.6) is 0 Å². The van der Waals surface area contributed by atoms with Crippen molar-refractivity contribution in [2.45, 2.75) is 24.9 Å². The van der Waals surface area contributed by atoms with Gasteiger partial charge in [0.05, 0.1) is 5.69 Å². The molecule has 0 unspecified atom stereocenters. The summed E-state index contributed by atoms with van der Waals surface area (Å²) in [5, 5.41) is 5.63. The second kappa shape index (κ2) is 5.68. The van der Waals surface area contributed by atoms with Gasteiger partial charge >= 0.3 is 0 Å². The van der Waals surface area contributed by atoms with Crippen molar-refractivity contribution in [3.05, 3.63) is 53.6 Å². The highest BCUT2D eigenvalue weighted by atomic mass is 32.2. The Bertz CT molecular complexity index is 858. The monoisotopic (exact) mass is 331 g/mol. The van der Waals surface area contributed by atoms with E-state index >= 15 is 0 Å². The number of fused-ring (bicyclic) bond motifs is 1. The van der Waals surface area contributed by atoms with Crippen molar-refractivity contribution >= 4 is 27.3 Å². The number of para-hydroxylation sites is 1. The van der Waals surface area contributed by atoms with Crippen molar-refractivity contribution in [1.82, 2.24) is 4.72 Å². The summed E-state index contributed by atoms with van der Waals surface area (Å²) >= 11 is 0. The molecule has 1 amide bonds. The molecule has 6 nitrogen and oxygen atoms in total. The molecule has 0 spiro atoms. The molecule has 1 aliphatic heterocycles. The number of benzene rings is 2. The number of carbonyl (C=O) groups is 1. The molecule has 120 valence electrons. The summed E-state index contributed by atoms with van der Waals surface area (Å²) in [6.07, 6.45) is -1.06. The number of sulfonamides is 1. The predicted molar refractivity (Wildman–Crippen MR) is 88.7 cm³/mol. The minimum absolute atomic E-state index is 0.135. The third-order valence-electron chi connectivity index (χ3n) is 3.50. The van der Waals surface area contributed by atoms with Crippen molar-refractivity contribution in [2.75, 3.05) is 10.6 Å². The lowest BCUT2D eigenvalue weighted by atomic mass is 10.1. The zero-order chi connectivity index (χ0) is 16.6. The number of anilines is 2. The van der Waals surface area contributed by atoms with Gasteiger partial charge in [0.15, 0.2) is 6.17 Å². The van der Waals surface area contributed by atoms with Crippen LogP contribution in [0.4, 0.5) is 11.4 Å². The van der Waals surface area contributed by atoms with Gasteiger partial charge in [-0.2, -0.15) is 4.72 Å². The van der Waals surface area contributed by atoms with Crippen molar-refractivity contribution in [3.8, 4) is 0 Å². The third kappa shape index (κ3) is 3.20.